The molecule has 1 aliphatic heterocycles. The number of ether oxygens (including phenoxy) is 2. The van der Waals surface area contributed by atoms with E-state index in [9.17, 15) is 0 Å². The minimum Gasteiger partial charge on any atom is -0.485 e. The minimum atomic E-state index is 0.500. The van der Waals surface area contributed by atoms with Crippen LogP contribution in [0.3, 0.4) is 0 Å². The molecule has 0 spiro atoms. The highest BCUT2D eigenvalue weighted by Crippen LogP contribution is 2.36. The van der Waals surface area contributed by atoms with Crippen molar-refractivity contribution in [3.63, 3.8) is 0 Å². The molecular formula is C14H16N2O2. The maximum Gasteiger partial charge on any atom is 0.169 e. The molecule has 1 N–H and O–H groups in total. The predicted molar refractivity (Wildman–Crippen MR) is 70.1 cm³/mol. The van der Waals surface area contributed by atoms with Crippen LogP contribution in [0.5, 0.6) is 17.2 Å². The second kappa shape index (κ2) is 6.02. The Balaban J connectivity index is 0.000000367. The standard InChI is InChI=1S/C12H9NO2.C2H7N/c1-2-4-12-11(3-1)14-8-9-7-13-6-5-10(9)15-12;1-3-2/h1-7H,8H2;3H,1-2H3. The number of nitrogens with one attached hydrogen (secondary N) is 1. The van der Waals surface area contributed by atoms with Crippen molar-refractivity contribution in [2.45, 2.75) is 6.61 Å². The first kappa shape index (κ1) is 12.4. The fourth-order valence-electron chi connectivity index (χ4n) is 1.55. The van der Waals surface area contributed by atoms with Crippen molar-refractivity contribution in [2.24, 2.45) is 0 Å². The minimum absolute atomic E-state index is 0.500. The SMILES string of the molecule is CNC.c1ccc2c(c1)OCc1cnccc1O2. The largest absolute Gasteiger partial charge is 0.485 e. The van der Waals surface area contributed by atoms with Crippen LogP contribution in [0.4, 0.5) is 0 Å². The van der Waals surface area contributed by atoms with Gasteiger partial charge >= 0.3 is 0 Å². The molecule has 0 saturated carbocycles. The first-order chi connectivity index (χ1) is 8.85. The molecule has 1 aromatic carbocycles. The zero-order chi connectivity index (χ0) is 12.8. The van der Waals surface area contributed by atoms with Crippen molar-refractivity contribution >= 4 is 0 Å². The summed E-state index contributed by atoms with van der Waals surface area (Å²) in [5.74, 6) is 2.34. The summed E-state index contributed by atoms with van der Waals surface area (Å²) < 4.78 is 11.3. The lowest BCUT2D eigenvalue weighted by Crippen LogP contribution is -1.93. The molecule has 0 unspecified atom stereocenters. The molecule has 0 fully saturated rings. The molecule has 0 saturated heterocycles. The van der Waals surface area contributed by atoms with Gasteiger partial charge in [0, 0.05) is 12.4 Å². The van der Waals surface area contributed by atoms with Gasteiger partial charge in [0.15, 0.2) is 11.5 Å². The molecule has 4 nitrogen and oxygen atoms in total. The first-order valence-electron chi connectivity index (χ1n) is 5.76. The van der Waals surface area contributed by atoms with Gasteiger partial charge < -0.3 is 14.8 Å². The summed E-state index contributed by atoms with van der Waals surface area (Å²) in [4.78, 5) is 4.04. The Hall–Kier alpha value is -2.07. The Kier molecular flexibility index (Phi) is 4.15. The van der Waals surface area contributed by atoms with Crippen LogP contribution >= 0.6 is 0 Å². The molecular weight excluding hydrogens is 228 g/mol. The second-order valence-corrected chi connectivity index (χ2v) is 3.82. The summed E-state index contributed by atoms with van der Waals surface area (Å²) in [6.45, 7) is 0.500. The molecule has 18 heavy (non-hydrogen) atoms. The van der Waals surface area contributed by atoms with Gasteiger partial charge in [-0.1, -0.05) is 12.1 Å². The number of aromatic nitrogens is 1. The van der Waals surface area contributed by atoms with Gasteiger partial charge in [-0.3, -0.25) is 4.98 Å². The molecule has 4 heteroatoms. The van der Waals surface area contributed by atoms with Gasteiger partial charge in [-0.2, -0.15) is 0 Å². The number of rotatable bonds is 0. The Morgan fingerprint density at radius 2 is 1.78 bits per heavy atom. The maximum atomic E-state index is 5.74. The van der Waals surface area contributed by atoms with Gasteiger partial charge in [-0.15, -0.1) is 0 Å². The number of para-hydroxylation sites is 2. The molecule has 2 heterocycles. The highest BCUT2D eigenvalue weighted by molar-refractivity contribution is 5.46. The third kappa shape index (κ3) is 2.78. The number of fused-ring (bicyclic) bond motifs is 2. The van der Waals surface area contributed by atoms with Gasteiger partial charge in [-0.25, -0.2) is 0 Å². The monoisotopic (exact) mass is 244 g/mol. The topological polar surface area (TPSA) is 43.4 Å². The summed E-state index contributed by atoms with van der Waals surface area (Å²) in [5, 5.41) is 2.75. The van der Waals surface area contributed by atoms with E-state index < -0.39 is 0 Å². The number of benzene rings is 1. The molecule has 3 rings (SSSR count). The molecule has 1 aliphatic rings. The molecule has 0 bridgehead atoms. The summed E-state index contributed by atoms with van der Waals surface area (Å²) in [7, 11) is 3.75. The van der Waals surface area contributed by atoms with E-state index in [-0.39, 0.29) is 0 Å². The smallest absolute Gasteiger partial charge is 0.169 e. The predicted octanol–water partition coefficient (Wildman–Crippen LogP) is 2.60. The Morgan fingerprint density at radius 3 is 2.56 bits per heavy atom. The van der Waals surface area contributed by atoms with Gasteiger partial charge in [0.1, 0.15) is 12.4 Å². The van der Waals surface area contributed by atoms with Crippen molar-refractivity contribution in [3.05, 3.63) is 48.3 Å². The van der Waals surface area contributed by atoms with Crippen molar-refractivity contribution in [1.82, 2.24) is 10.3 Å². The molecule has 0 amide bonds. The fourth-order valence-corrected chi connectivity index (χ4v) is 1.55. The normalized spacial score (nSPS) is 11.7. The lowest BCUT2D eigenvalue weighted by atomic mass is 10.3. The Morgan fingerprint density at radius 1 is 1.06 bits per heavy atom. The first-order valence-corrected chi connectivity index (χ1v) is 5.76. The van der Waals surface area contributed by atoms with E-state index in [0.29, 0.717) is 6.61 Å². The highest BCUT2D eigenvalue weighted by atomic mass is 16.5. The zero-order valence-corrected chi connectivity index (χ0v) is 10.5. The number of hydrogen-bond donors (Lipinski definition) is 1. The van der Waals surface area contributed by atoms with Gasteiger partial charge in [-0.05, 0) is 32.3 Å². The lowest BCUT2D eigenvalue weighted by molar-refractivity contribution is 0.306. The Bertz CT molecular complexity index is 469. The molecule has 1 aromatic heterocycles. The molecule has 0 aliphatic carbocycles. The van der Waals surface area contributed by atoms with E-state index in [1.54, 1.807) is 12.4 Å². The van der Waals surface area contributed by atoms with Crippen molar-refractivity contribution in [2.75, 3.05) is 14.1 Å². The van der Waals surface area contributed by atoms with Crippen LogP contribution < -0.4 is 14.8 Å². The third-order valence-electron chi connectivity index (χ3n) is 2.31. The third-order valence-corrected chi connectivity index (χ3v) is 2.31. The van der Waals surface area contributed by atoms with E-state index >= 15 is 0 Å². The summed E-state index contributed by atoms with van der Waals surface area (Å²) in [5.41, 5.74) is 0.966. The molecule has 2 aromatic rings. The van der Waals surface area contributed by atoms with Crippen LogP contribution in [0.1, 0.15) is 5.56 Å². The number of nitrogens with zero attached hydrogens (tertiary/aromatic N) is 1. The van der Waals surface area contributed by atoms with Crippen molar-refractivity contribution in [1.29, 1.82) is 0 Å². The quantitative estimate of drug-likeness (QED) is 0.773. The average Bonchev–Trinajstić information content (AvgIpc) is 2.58. The van der Waals surface area contributed by atoms with Crippen LogP contribution in [-0.2, 0) is 6.61 Å². The number of pyridine rings is 1. The van der Waals surface area contributed by atoms with Crippen LogP contribution in [0.25, 0.3) is 0 Å². The van der Waals surface area contributed by atoms with Gasteiger partial charge in [0.05, 0.1) is 5.56 Å². The highest BCUT2D eigenvalue weighted by Gasteiger charge is 2.14. The van der Waals surface area contributed by atoms with E-state index in [0.717, 1.165) is 22.8 Å². The van der Waals surface area contributed by atoms with E-state index in [2.05, 4.69) is 10.3 Å². The van der Waals surface area contributed by atoms with Gasteiger partial charge in [0.25, 0.3) is 0 Å². The fraction of sp³-hybridized carbons (Fsp3) is 0.214. The molecule has 0 atom stereocenters. The Labute approximate surface area is 107 Å². The average molecular weight is 244 g/mol. The molecule has 0 radical (unpaired) electrons. The van der Waals surface area contributed by atoms with Crippen LogP contribution in [0.15, 0.2) is 42.7 Å². The lowest BCUT2D eigenvalue weighted by Gasteiger charge is -2.05. The van der Waals surface area contributed by atoms with Crippen molar-refractivity contribution in [3.8, 4) is 17.2 Å². The van der Waals surface area contributed by atoms with E-state index in [4.69, 9.17) is 9.47 Å². The zero-order valence-electron chi connectivity index (χ0n) is 10.5. The summed E-state index contributed by atoms with van der Waals surface area (Å²) >= 11 is 0. The summed E-state index contributed by atoms with van der Waals surface area (Å²) in [6.07, 6.45) is 3.48. The number of hydrogen-bond acceptors (Lipinski definition) is 4. The van der Waals surface area contributed by atoms with Gasteiger partial charge in [0.2, 0.25) is 0 Å². The maximum absolute atomic E-state index is 5.74. The van der Waals surface area contributed by atoms with E-state index in [1.807, 2.05) is 44.4 Å². The van der Waals surface area contributed by atoms with Crippen LogP contribution in [0.2, 0.25) is 0 Å². The van der Waals surface area contributed by atoms with Crippen molar-refractivity contribution < 1.29 is 9.47 Å². The van der Waals surface area contributed by atoms with E-state index in [1.165, 1.54) is 0 Å². The molecule has 94 valence electrons. The van der Waals surface area contributed by atoms with Crippen LogP contribution in [-0.4, -0.2) is 19.1 Å². The summed E-state index contributed by atoms with van der Waals surface area (Å²) in [6, 6.07) is 9.49. The van der Waals surface area contributed by atoms with Crippen LogP contribution in [0, 0.1) is 0 Å². The second-order valence-electron chi connectivity index (χ2n) is 3.82.